The Morgan fingerprint density at radius 3 is 2.71 bits per heavy atom. The fourth-order valence-electron chi connectivity index (χ4n) is 5.00. The average molecular weight is 373 g/mol. The number of benzene rings is 2. The Labute approximate surface area is 163 Å². The van der Waals surface area contributed by atoms with E-state index in [1.165, 1.54) is 0 Å². The number of carbonyl (C=O) groups excluding carboxylic acids is 2. The van der Waals surface area contributed by atoms with Crippen LogP contribution in [0.25, 0.3) is 10.9 Å². The molecule has 5 nitrogen and oxygen atoms in total. The van der Waals surface area contributed by atoms with Crippen molar-refractivity contribution in [2.45, 2.75) is 31.7 Å². The molecule has 3 heterocycles. The van der Waals surface area contributed by atoms with Gasteiger partial charge in [0.2, 0.25) is 5.91 Å². The van der Waals surface area contributed by atoms with Crippen LogP contribution >= 0.6 is 0 Å². The molecule has 2 amide bonds. The smallest absolute Gasteiger partial charge is 0.263 e. The summed E-state index contributed by atoms with van der Waals surface area (Å²) in [6.07, 6.45) is 1.95. The molecular weight excluding hydrogens is 350 g/mol. The zero-order chi connectivity index (χ0) is 19.5. The number of nitrogens with one attached hydrogen (secondary N) is 1. The Balaban J connectivity index is 1.86. The second-order valence-corrected chi connectivity index (χ2v) is 7.66. The first-order chi connectivity index (χ1) is 13.6. The third-order valence-electron chi connectivity index (χ3n) is 6.20. The first kappa shape index (κ1) is 17.0. The van der Waals surface area contributed by atoms with Crippen LogP contribution in [-0.4, -0.2) is 35.3 Å². The van der Waals surface area contributed by atoms with E-state index < -0.39 is 5.54 Å². The minimum atomic E-state index is -1.11. The lowest BCUT2D eigenvalue weighted by molar-refractivity contribution is -0.144. The summed E-state index contributed by atoms with van der Waals surface area (Å²) in [6, 6.07) is 16.0. The summed E-state index contributed by atoms with van der Waals surface area (Å²) in [7, 11) is 1.80. The Hall–Kier alpha value is -3.08. The maximum Gasteiger partial charge on any atom is 0.263 e. The molecule has 28 heavy (non-hydrogen) atoms. The van der Waals surface area contributed by atoms with Crippen LogP contribution in [0.5, 0.6) is 0 Å². The highest BCUT2D eigenvalue weighted by molar-refractivity contribution is 6.12. The number of hydrogen-bond donors (Lipinski definition) is 1. The lowest BCUT2D eigenvalue weighted by atomic mass is 9.79. The third kappa shape index (κ3) is 1.96. The van der Waals surface area contributed by atoms with Crippen molar-refractivity contribution in [3.05, 3.63) is 65.4 Å². The van der Waals surface area contributed by atoms with E-state index >= 15 is 0 Å². The van der Waals surface area contributed by atoms with Gasteiger partial charge in [-0.15, -0.1) is 0 Å². The summed E-state index contributed by atoms with van der Waals surface area (Å²) in [6.45, 7) is 2.54. The lowest BCUT2D eigenvalue weighted by Crippen LogP contribution is -2.59. The number of carbonyl (C=O) groups is 2. The Morgan fingerprint density at radius 1 is 1.14 bits per heavy atom. The van der Waals surface area contributed by atoms with Gasteiger partial charge in [-0.3, -0.25) is 9.59 Å². The summed E-state index contributed by atoms with van der Waals surface area (Å²) in [5.41, 5.74) is 3.66. The molecule has 142 valence electrons. The van der Waals surface area contributed by atoms with Gasteiger partial charge in [0.25, 0.3) is 5.91 Å². The van der Waals surface area contributed by atoms with E-state index in [1.807, 2.05) is 54.3 Å². The first-order valence-electron chi connectivity index (χ1n) is 9.89. The number of H-pyrrole nitrogens is 1. The number of aromatic nitrogens is 1. The van der Waals surface area contributed by atoms with E-state index in [-0.39, 0.29) is 11.8 Å². The standard InChI is InChI=1S/C23H23N3O2/c1-3-8-20(27)26-14-13-16-15-9-4-6-11-18(15)24-21(16)23(26)17-10-5-7-12-19(17)25(2)22(23)28/h4-7,9-12,24H,3,8,13-14H2,1-2H3/t23-/m1/s1. The second-order valence-electron chi connectivity index (χ2n) is 7.66. The molecule has 0 bridgehead atoms. The molecule has 0 unspecified atom stereocenters. The van der Waals surface area contributed by atoms with E-state index in [1.54, 1.807) is 11.9 Å². The second kappa shape index (κ2) is 5.96. The molecule has 0 radical (unpaired) electrons. The number of rotatable bonds is 2. The fourth-order valence-corrected chi connectivity index (χ4v) is 5.00. The van der Waals surface area contributed by atoms with Crippen LogP contribution < -0.4 is 4.90 Å². The maximum atomic E-state index is 13.8. The zero-order valence-electron chi connectivity index (χ0n) is 16.2. The van der Waals surface area contributed by atoms with E-state index in [2.05, 4.69) is 11.1 Å². The van der Waals surface area contributed by atoms with Crippen molar-refractivity contribution in [2.75, 3.05) is 18.5 Å². The molecule has 1 spiro atoms. The van der Waals surface area contributed by atoms with Crippen molar-refractivity contribution in [2.24, 2.45) is 0 Å². The molecule has 5 heteroatoms. The molecule has 1 aromatic heterocycles. The van der Waals surface area contributed by atoms with Gasteiger partial charge in [-0.2, -0.15) is 0 Å². The van der Waals surface area contributed by atoms with Crippen molar-refractivity contribution in [1.29, 1.82) is 0 Å². The normalized spacial score (nSPS) is 20.7. The highest BCUT2D eigenvalue weighted by Gasteiger charge is 2.59. The number of anilines is 1. The van der Waals surface area contributed by atoms with Crippen molar-refractivity contribution < 1.29 is 9.59 Å². The molecule has 5 rings (SSSR count). The molecule has 1 N–H and O–H groups in total. The van der Waals surface area contributed by atoms with Gasteiger partial charge >= 0.3 is 0 Å². The van der Waals surface area contributed by atoms with Crippen LogP contribution in [0.4, 0.5) is 5.69 Å². The predicted octanol–water partition coefficient (Wildman–Crippen LogP) is 3.57. The van der Waals surface area contributed by atoms with Crippen LogP contribution in [-0.2, 0) is 21.5 Å². The topological polar surface area (TPSA) is 56.4 Å². The molecule has 2 aliphatic heterocycles. The quantitative estimate of drug-likeness (QED) is 0.747. The number of aromatic amines is 1. The predicted molar refractivity (Wildman–Crippen MR) is 109 cm³/mol. The fraction of sp³-hybridized carbons (Fsp3) is 0.304. The minimum Gasteiger partial charge on any atom is -0.355 e. The monoisotopic (exact) mass is 373 g/mol. The summed E-state index contributed by atoms with van der Waals surface area (Å²) in [5.74, 6) is -0.0316. The number of nitrogens with zero attached hydrogens (tertiary/aromatic N) is 2. The van der Waals surface area contributed by atoms with Crippen molar-refractivity contribution in [3.8, 4) is 0 Å². The number of hydrogen-bond acceptors (Lipinski definition) is 2. The van der Waals surface area contributed by atoms with Gasteiger partial charge in [0.05, 0.1) is 5.69 Å². The summed E-state index contributed by atoms with van der Waals surface area (Å²) in [4.78, 5) is 34.0. The number of likely N-dealkylation sites (N-methyl/N-ethyl adjacent to an activating group) is 1. The molecule has 0 fully saturated rings. The molecule has 2 aliphatic rings. The van der Waals surface area contributed by atoms with Gasteiger partial charge in [-0.1, -0.05) is 43.3 Å². The lowest BCUT2D eigenvalue weighted by Gasteiger charge is -2.43. The molecule has 0 saturated carbocycles. The van der Waals surface area contributed by atoms with Crippen LogP contribution in [0.2, 0.25) is 0 Å². The van der Waals surface area contributed by atoms with E-state index in [4.69, 9.17) is 0 Å². The van der Waals surface area contributed by atoms with Crippen molar-refractivity contribution >= 4 is 28.4 Å². The van der Waals surface area contributed by atoms with Crippen molar-refractivity contribution in [1.82, 2.24) is 9.88 Å². The SMILES string of the molecule is CCCC(=O)N1CCc2c([nH]c3ccccc23)[C@]12C(=O)N(C)c1ccccc12. The molecule has 0 saturated heterocycles. The highest BCUT2D eigenvalue weighted by Crippen LogP contribution is 2.51. The van der Waals surface area contributed by atoms with Gasteiger partial charge in [-0.25, -0.2) is 0 Å². The molecular formula is C23H23N3O2. The third-order valence-corrected chi connectivity index (χ3v) is 6.20. The Morgan fingerprint density at radius 2 is 1.89 bits per heavy atom. The Bertz CT molecular complexity index is 1120. The first-order valence-corrected chi connectivity index (χ1v) is 9.89. The van der Waals surface area contributed by atoms with E-state index in [0.29, 0.717) is 13.0 Å². The maximum absolute atomic E-state index is 13.8. The van der Waals surface area contributed by atoms with Gasteiger partial charge in [0, 0.05) is 42.2 Å². The van der Waals surface area contributed by atoms with Crippen LogP contribution in [0.3, 0.4) is 0 Å². The highest BCUT2D eigenvalue weighted by atomic mass is 16.2. The van der Waals surface area contributed by atoms with E-state index in [9.17, 15) is 9.59 Å². The number of para-hydroxylation sites is 2. The number of fused-ring (bicyclic) bond motifs is 6. The summed E-state index contributed by atoms with van der Waals surface area (Å²) in [5, 5.41) is 1.14. The largest absolute Gasteiger partial charge is 0.355 e. The minimum absolute atomic E-state index is 0.0326. The van der Waals surface area contributed by atoms with Gasteiger partial charge in [-0.05, 0) is 30.5 Å². The van der Waals surface area contributed by atoms with Gasteiger partial charge in [0.15, 0.2) is 5.54 Å². The van der Waals surface area contributed by atoms with E-state index in [0.717, 1.165) is 46.3 Å². The molecule has 0 aliphatic carbocycles. The summed E-state index contributed by atoms with van der Waals surface area (Å²) >= 11 is 0. The Kier molecular flexibility index (Phi) is 3.63. The van der Waals surface area contributed by atoms with Crippen molar-refractivity contribution in [3.63, 3.8) is 0 Å². The van der Waals surface area contributed by atoms with Gasteiger partial charge in [0.1, 0.15) is 0 Å². The van der Waals surface area contributed by atoms with Crippen LogP contribution in [0, 0.1) is 0 Å². The van der Waals surface area contributed by atoms with Crippen LogP contribution in [0.15, 0.2) is 48.5 Å². The number of amides is 2. The zero-order valence-corrected chi connectivity index (χ0v) is 16.2. The molecule has 3 aromatic rings. The molecule has 1 atom stereocenters. The average Bonchev–Trinajstić information content (AvgIpc) is 3.20. The van der Waals surface area contributed by atoms with Gasteiger partial charge < -0.3 is 14.8 Å². The van der Waals surface area contributed by atoms with Crippen LogP contribution in [0.1, 0.15) is 36.6 Å². The molecule has 2 aromatic carbocycles. The summed E-state index contributed by atoms with van der Waals surface area (Å²) < 4.78 is 0.